The van der Waals surface area contributed by atoms with Gasteiger partial charge in [-0.15, -0.1) is 10.2 Å². The van der Waals surface area contributed by atoms with Crippen LogP contribution in [0.2, 0.25) is 0 Å². The average molecular weight is 401 g/mol. The van der Waals surface area contributed by atoms with Gasteiger partial charge in [-0.05, 0) is 32.9 Å². The fraction of sp³-hybridized carbons (Fsp3) is 0.368. The van der Waals surface area contributed by atoms with Gasteiger partial charge in [0.2, 0.25) is 5.91 Å². The van der Waals surface area contributed by atoms with Crippen LogP contribution in [-0.2, 0) is 17.9 Å². The predicted molar refractivity (Wildman–Crippen MR) is 106 cm³/mol. The zero-order valence-corrected chi connectivity index (χ0v) is 17.2. The minimum atomic E-state index is -0.101. The van der Waals surface area contributed by atoms with E-state index in [9.17, 15) is 4.79 Å². The van der Waals surface area contributed by atoms with E-state index in [1.165, 1.54) is 11.8 Å². The number of furan rings is 1. The Morgan fingerprint density at radius 1 is 1.36 bits per heavy atom. The van der Waals surface area contributed by atoms with Crippen LogP contribution in [0, 0.1) is 13.8 Å². The summed E-state index contributed by atoms with van der Waals surface area (Å²) in [5, 5.41) is 11.9. The highest BCUT2D eigenvalue weighted by Gasteiger charge is 2.16. The molecule has 8 nitrogen and oxygen atoms in total. The molecular formula is C19H23N5O3S. The summed E-state index contributed by atoms with van der Waals surface area (Å²) in [7, 11) is 1.63. The molecular weight excluding hydrogens is 378 g/mol. The van der Waals surface area contributed by atoms with Gasteiger partial charge in [-0.1, -0.05) is 11.8 Å². The number of amides is 1. The number of nitrogens with one attached hydrogen (secondary N) is 1. The molecule has 0 fully saturated rings. The number of thioether (sulfide) groups is 1. The summed E-state index contributed by atoms with van der Waals surface area (Å²) in [5.74, 6) is 2.24. The first-order chi connectivity index (χ1) is 13.5. The van der Waals surface area contributed by atoms with Crippen molar-refractivity contribution in [2.24, 2.45) is 0 Å². The smallest absolute Gasteiger partial charge is 0.230 e. The number of carbonyl (C=O) groups excluding carboxylic acids is 1. The van der Waals surface area contributed by atoms with Gasteiger partial charge < -0.3 is 14.5 Å². The second kappa shape index (κ2) is 8.92. The number of ether oxygens (including phenoxy) is 1. The van der Waals surface area contributed by atoms with Crippen LogP contribution in [0.5, 0.6) is 5.75 Å². The third-order valence-electron chi connectivity index (χ3n) is 4.31. The second-order valence-corrected chi connectivity index (χ2v) is 7.08. The highest BCUT2D eigenvalue weighted by Crippen LogP contribution is 2.25. The molecule has 0 aromatic carbocycles. The number of nitrogens with zero attached hydrogens (tertiary/aromatic N) is 4. The van der Waals surface area contributed by atoms with Crippen molar-refractivity contribution in [3.63, 3.8) is 0 Å². The Hall–Kier alpha value is -2.81. The maximum Gasteiger partial charge on any atom is 0.230 e. The van der Waals surface area contributed by atoms with E-state index in [1.807, 2.05) is 31.4 Å². The van der Waals surface area contributed by atoms with Crippen LogP contribution in [0.15, 0.2) is 34.2 Å². The number of aromatic nitrogens is 4. The summed E-state index contributed by atoms with van der Waals surface area (Å²) < 4.78 is 12.7. The Morgan fingerprint density at radius 2 is 2.18 bits per heavy atom. The largest absolute Gasteiger partial charge is 0.496 e. The SMILES string of the molecule is CCn1c(SCC(=O)NCc2ncc(C)c(OC)c2C)nnc1-c1ccco1. The maximum absolute atomic E-state index is 12.3. The van der Waals surface area contributed by atoms with Crippen molar-refractivity contribution in [2.45, 2.75) is 39.0 Å². The van der Waals surface area contributed by atoms with Crippen molar-refractivity contribution in [2.75, 3.05) is 12.9 Å². The first-order valence-corrected chi connectivity index (χ1v) is 9.89. The van der Waals surface area contributed by atoms with Gasteiger partial charge >= 0.3 is 0 Å². The zero-order chi connectivity index (χ0) is 20.1. The molecule has 1 N–H and O–H groups in total. The molecule has 0 saturated carbocycles. The van der Waals surface area contributed by atoms with Crippen LogP contribution in [0.4, 0.5) is 0 Å². The van der Waals surface area contributed by atoms with E-state index in [0.717, 1.165) is 22.6 Å². The van der Waals surface area contributed by atoms with Gasteiger partial charge in [-0.2, -0.15) is 0 Å². The molecule has 9 heteroatoms. The Bertz CT molecular complexity index is 953. The Labute approximate surface area is 167 Å². The number of aryl methyl sites for hydroxylation is 1. The van der Waals surface area contributed by atoms with Crippen LogP contribution in [-0.4, -0.2) is 38.5 Å². The van der Waals surface area contributed by atoms with Gasteiger partial charge in [-0.25, -0.2) is 0 Å². The van der Waals surface area contributed by atoms with Crippen molar-refractivity contribution < 1.29 is 13.9 Å². The van der Waals surface area contributed by atoms with Gasteiger partial charge in [0.1, 0.15) is 5.75 Å². The summed E-state index contributed by atoms with van der Waals surface area (Å²) in [6.07, 6.45) is 3.35. The number of carbonyl (C=O) groups is 1. The van der Waals surface area contributed by atoms with E-state index in [4.69, 9.17) is 9.15 Å². The number of methoxy groups -OCH3 is 1. The molecule has 0 aliphatic heterocycles. The minimum Gasteiger partial charge on any atom is -0.496 e. The molecule has 3 heterocycles. The molecule has 0 aliphatic rings. The quantitative estimate of drug-likeness (QED) is 0.580. The monoisotopic (exact) mass is 401 g/mol. The normalized spacial score (nSPS) is 10.9. The fourth-order valence-corrected chi connectivity index (χ4v) is 3.71. The topological polar surface area (TPSA) is 95.1 Å². The van der Waals surface area contributed by atoms with E-state index in [2.05, 4.69) is 20.5 Å². The van der Waals surface area contributed by atoms with Crippen LogP contribution < -0.4 is 10.1 Å². The molecule has 3 aromatic heterocycles. The lowest BCUT2D eigenvalue weighted by Gasteiger charge is -2.12. The van der Waals surface area contributed by atoms with E-state index in [-0.39, 0.29) is 11.7 Å². The van der Waals surface area contributed by atoms with Crippen molar-refractivity contribution in [3.05, 3.63) is 41.4 Å². The van der Waals surface area contributed by atoms with E-state index in [0.29, 0.717) is 29.8 Å². The van der Waals surface area contributed by atoms with Crippen molar-refractivity contribution in [1.29, 1.82) is 0 Å². The van der Waals surface area contributed by atoms with Crippen LogP contribution in [0.25, 0.3) is 11.6 Å². The summed E-state index contributed by atoms with van der Waals surface area (Å²) >= 11 is 1.34. The lowest BCUT2D eigenvalue weighted by molar-refractivity contribution is -0.118. The molecule has 0 bridgehead atoms. The van der Waals surface area contributed by atoms with Gasteiger partial charge in [-0.3, -0.25) is 14.3 Å². The molecule has 0 unspecified atom stereocenters. The van der Waals surface area contributed by atoms with Crippen LogP contribution in [0.1, 0.15) is 23.7 Å². The highest BCUT2D eigenvalue weighted by atomic mass is 32.2. The zero-order valence-electron chi connectivity index (χ0n) is 16.4. The lowest BCUT2D eigenvalue weighted by Crippen LogP contribution is -2.25. The summed E-state index contributed by atoms with van der Waals surface area (Å²) in [6, 6.07) is 3.64. The Kier molecular flexibility index (Phi) is 6.35. The minimum absolute atomic E-state index is 0.101. The first kappa shape index (κ1) is 19.9. The molecule has 0 radical (unpaired) electrons. The number of rotatable bonds is 8. The number of hydrogen-bond donors (Lipinski definition) is 1. The molecule has 0 saturated heterocycles. The second-order valence-electron chi connectivity index (χ2n) is 6.14. The standard InChI is InChI=1S/C19H23N5O3S/c1-5-24-18(15-7-6-8-27-15)22-23-19(24)28-11-16(25)21-10-14-13(3)17(26-4)12(2)9-20-14/h6-9H,5,10-11H2,1-4H3,(H,21,25). The Balaban J connectivity index is 1.60. The van der Waals surface area contributed by atoms with Gasteiger partial charge in [0, 0.05) is 23.9 Å². The third-order valence-corrected chi connectivity index (χ3v) is 5.28. The molecule has 0 atom stereocenters. The number of hydrogen-bond acceptors (Lipinski definition) is 7. The van der Waals surface area contributed by atoms with E-state index >= 15 is 0 Å². The highest BCUT2D eigenvalue weighted by molar-refractivity contribution is 7.99. The van der Waals surface area contributed by atoms with Gasteiger partial charge in [0.25, 0.3) is 0 Å². The molecule has 1 amide bonds. The molecule has 3 rings (SSSR count). The van der Waals surface area contributed by atoms with E-state index in [1.54, 1.807) is 25.6 Å². The first-order valence-electron chi connectivity index (χ1n) is 8.90. The fourth-order valence-electron chi connectivity index (χ4n) is 2.88. The third kappa shape index (κ3) is 4.19. The number of pyridine rings is 1. The summed E-state index contributed by atoms with van der Waals surface area (Å²) in [4.78, 5) is 16.7. The maximum atomic E-state index is 12.3. The van der Waals surface area contributed by atoms with Crippen LogP contribution >= 0.6 is 11.8 Å². The van der Waals surface area contributed by atoms with Gasteiger partial charge in [0.15, 0.2) is 16.7 Å². The Morgan fingerprint density at radius 3 is 2.86 bits per heavy atom. The summed E-state index contributed by atoms with van der Waals surface area (Å²) in [5.41, 5.74) is 2.69. The molecule has 0 aliphatic carbocycles. The van der Waals surface area contributed by atoms with Crippen molar-refractivity contribution >= 4 is 17.7 Å². The lowest BCUT2D eigenvalue weighted by atomic mass is 10.1. The van der Waals surface area contributed by atoms with Crippen molar-refractivity contribution in [1.82, 2.24) is 25.1 Å². The molecule has 0 spiro atoms. The summed E-state index contributed by atoms with van der Waals surface area (Å²) in [6.45, 7) is 6.91. The van der Waals surface area contributed by atoms with Crippen LogP contribution in [0.3, 0.4) is 0 Å². The molecule has 3 aromatic rings. The molecule has 148 valence electrons. The van der Waals surface area contributed by atoms with Crippen molar-refractivity contribution in [3.8, 4) is 17.3 Å². The van der Waals surface area contributed by atoms with Gasteiger partial charge in [0.05, 0.1) is 31.4 Å². The predicted octanol–water partition coefficient (Wildman–Crippen LogP) is 2.99. The average Bonchev–Trinajstić information content (AvgIpc) is 3.35. The van der Waals surface area contributed by atoms with E-state index < -0.39 is 0 Å². The molecule has 28 heavy (non-hydrogen) atoms.